The molecule has 0 radical (unpaired) electrons. The normalized spacial score (nSPS) is 12.0. The van der Waals surface area contributed by atoms with Crippen molar-refractivity contribution in [2.24, 2.45) is 0 Å². The molecule has 4 nitrogen and oxygen atoms in total. The molecule has 94 valence electrons. The van der Waals surface area contributed by atoms with Crippen LogP contribution in [0.3, 0.4) is 0 Å². The van der Waals surface area contributed by atoms with Gasteiger partial charge in [-0.05, 0) is 30.7 Å². The van der Waals surface area contributed by atoms with Crippen molar-refractivity contribution in [1.82, 2.24) is 0 Å². The highest BCUT2D eigenvalue weighted by Crippen LogP contribution is 2.26. The summed E-state index contributed by atoms with van der Waals surface area (Å²) in [5.41, 5.74) is 0.615. The van der Waals surface area contributed by atoms with Crippen molar-refractivity contribution < 1.29 is 19.4 Å². The van der Waals surface area contributed by atoms with E-state index in [1.807, 2.05) is 0 Å². The smallest absolute Gasteiger partial charge is 0.308 e. The van der Waals surface area contributed by atoms with Gasteiger partial charge in [-0.15, -0.1) is 0 Å². The summed E-state index contributed by atoms with van der Waals surface area (Å²) in [5, 5.41) is 9.88. The Balaban J connectivity index is 2.77. The molecule has 1 rings (SSSR count). The van der Waals surface area contributed by atoms with Crippen molar-refractivity contribution in [1.29, 1.82) is 0 Å². The molecule has 0 aliphatic carbocycles. The van der Waals surface area contributed by atoms with E-state index in [4.69, 9.17) is 9.47 Å². The predicted molar refractivity (Wildman–Crippen MR) is 66.9 cm³/mol. The summed E-state index contributed by atoms with van der Waals surface area (Å²) in [7, 11) is 1.54. The quantitative estimate of drug-likeness (QED) is 0.849. The van der Waals surface area contributed by atoms with Crippen LogP contribution in [-0.2, 0) is 9.53 Å². The number of hydrogen-bond acceptors (Lipinski definition) is 4. The van der Waals surface area contributed by atoms with E-state index < -0.39 is 12.1 Å². The first-order valence-corrected chi connectivity index (χ1v) is 6.04. The molecular weight excluding hydrogens is 288 g/mol. The fourth-order valence-corrected chi connectivity index (χ4v) is 1.88. The number of halogens is 1. The Morgan fingerprint density at radius 1 is 1.47 bits per heavy atom. The van der Waals surface area contributed by atoms with Gasteiger partial charge in [-0.3, -0.25) is 4.79 Å². The van der Waals surface area contributed by atoms with Gasteiger partial charge in [0.05, 0.1) is 26.2 Å². The minimum absolute atomic E-state index is 0.0621. The lowest BCUT2D eigenvalue weighted by Crippen LogP contribution is -2.10. The fraction of sp³-hybridized carbons (Fsp3) is 0.417. The number of hydrogen-bond donors (Lipinski definition) is 1. The Morgan fingerprint density at radius 3 is 2.76 bits per heavy atom. The summed E-state index contributed by atoms with van der Waals surface area (Å²) >= 11 is 3.31. The Hall–Kier alpha value is -1.07. The number of rotatable bonds is 5. The predicted octanol–water partition coefficient (Wildman–Crippen LogP) is 2.44. The van der Waals surface area contributed by atoms with Crippen LogP contribution in [0.5, 0.6) is 5.75 Å². The summed E-state index contributed by atoms with van der Waals surface area (Å²) < 4.78 is 10.6. The van der Waals surface area contributed by atoms with Crippen molar-refractivity contribution in [2.45, 2.75) is 19.4 Å². The molecule has 1 atom stereocenters. The monoisotopic (exact) mass is 302 g/mol. The maximum atomic E-state index is 11.2. The fourth-order valence-electron chi connectivity index (χ4n) is 1.39. The molecule has 1 aromatic carbocycles. The first-order valence-electron chi connectivity index (χ1n) is 5.25. The number of aliphatic hydroxyl groups excluding tert-OH is 1. The Kier molecular flexibility index (Phi) is 5.44. The molecule has 0 aromatic heterocycles. The van der Waals surface area contributed by atoms with E-state index in [0.717, 1.165) is 4.47 Å². The zero-order valence-corrected chi connectivity index (χ0v) is 11.4. The van der Waals surface area contributed by atoms with Gasteiger partial charge in [-0.1, -0.05) is 15.9 Å². The molecule has 5 heteroatoms. The van der Waals surface area contributed by atoms with Gasteiger partial charge < -0.3 is 14.6 Å². The number of benzene rings is 1. The van der Waals surface area contributed by atoms with Gasteiger partial charge in [0.2, 0.25) is 0 Å². The summed E-state index contributed by atoms with van der Waals surface area (Å²) in [6, 6.07) is 5.21. The minimum Gasteiger partial charge on any atom is -0.497 e. The molecule has 0 saturated carbocycles. The van der Waals surface area contributed by atoms with E-state index in [9.17, 15) is 9.90 Å². The van der Waals surface area contributed by atoms with Gasteiger partial charge in [0.15, 0.2) is 0 Å². The summed E-state index contributed by atoms with van der Waals surface area (Å²) in [5.74, 6) is 0.205. The highest BCUT2D eigenvalue weighted by atomic mass is 79.9. The second-order valence-electron chi connectivity index (χ2n) is 3.45. The van der Waals surface area contributed by atoms with E-state index in [0.29, 0.717) is 17.9 Å². The number of esters is 1. The maximum Gasteiger partial charge on any atom is 0.308 e. The lowest BCUT2D eigenvalue weighted by molar-refractivity contribution is -0.145. The third-order valence-electron chi connectivity index (χ3n) is 2.18. The van der Waals surface area contributed by atoms with Crippen LogP contribution in [0.4, 0.5) is 0 Å². The van der Waals surface area contributed by atoms with Gasteiger partial charge >= 0.3 is 5.97 Å². The first kappa shape index (κ1) is 14.0. The number of ether oxygens (including phenoxy) is 2. The van der Waals surface area contributed by atoms with Crippen LogP contribution in [0.1, 0.15) is 25.0 Å². The summed E-state index contributed by atoms with van der Waals surface area (Å²) in [6.07, 6.45) is -0.951. The largest absolute Gasteiger partial charge is 0.497 e. The Labute approximate surface area is 109 Å². The molecular formula is C12H15BrO4. The van der Waals surface area contributed by atoms with Crippen molar-refractivity contribution in [3.8, 4) is 5.75 Å². The second kappa shape index (κ2) is 6.61. The third kappa shape index (κ3) is 4.36. The molecule has 0 aliphatic heterocycles. The van der Waals surface area contributed by atoms with Crippen molar-refractivity contribution in [2.75, 3.05) is 13.7 Å². The zero-order chi connectivity index (χ0) is 12.8. The average Bonchev–Trinajstić information content (AvgIpc) is 2.28. The maximum absolute atomic E-state index is 11.2. The molecule has 1 aromatic rings. The molecule has 1 unspecified atom stereocenters. The standard InChI is InChI=1S/C12H15BrO4/c1-3-17-12(15)7-11(14)8-4-9(13)6-10(5-8)16-2/h4-6,11,14H,3,7H2,1-2H3. The second-order valence-corrected chi connectivity index (χ2v) is 4.37. The van der Waals surface area contributed by atoms with Gasteiger partial charge in [-0.2, -0.15) is 0 Å². The van der Waals surface area contributed by atoms with Crippen LogP contribution in [0.25, 0.3) is 0 Å². The van der Waals surface area contributed by atoms with Crippen LogP contribution >= 0.6 is 15.9 Å². The van der Waals surface area contributed by atoms with Crippen LogP contribution < -0.4 is 4.74 Å². The lowest BCUT2D eigenvalue weighted by Gasteiger charge is -2.12. The SMILES string of the molecule is CCOC(=O)CC(O)c1cc(Br)cc(OC)c1. The molecule has 17 heavy (non-hydrogen) atoms. The molecule has 0 bridgehead atoms. The van der Waals surface area contributed by atoms with Gasteiger partial charge in [0, 0.05) is 4.47 Å². The lowest BCUT2D eigenvalue weighted by atomic mass is 10.1. The zero-order valence-electron chi connectivity index (χ0n) is 9.77. The average molecular weight is 303 g/mol. The number of carbonyl (C=O) groups is 1. The molecule has 0 aliphatic rings. The molecule has 0 saturated heterocycles. The van der Waals surface area contributed by atoms with Crippen LogP contribution in [0, 0.1) is 0 Å². The third-order valence-corrected chi connectivity index (χ3v) is 2.64. The van der Waals surface area contributed by atoms with Gasteiger partial charge in [-0.25, -0.2) is 0 Å². The van der Waals surface area contributed by atoms with E-state index in [2.05, 4.69) is 15.9 Å². The highest BCUT2D eigenvalue weighted by Gasteiger charge is 2.15. The number of carbonyl (C=O) groups excluding carboxylic acids is 1. The van der Waals surface area contributed by atoms with Crippen LogP contribution in [0.15, 0.2) is 22.7 Å². The minimum atomic E-state index is -0.888. The molecule has 0 heterocycles. The molecule has 0 amide bonds. The summed E-state index contributed by atoms with van der Waals surface area (Å²) in [4.78, 5) is 11.2. The van der Waals surface area contributed by atoms with Crippen molar-refractivity contribution in [3.05, 3.63) is 28.2 Å². The molecule has 0 fully saturated rings. The van der Waals surface area contributed by atoms with Crippen molar-refractivity contribution in [3.63, 3.8) is 0 Å². The Bertz CT molecular complexity index is 392. The molecule has 0 spiro atoms. The molecule has 1 N–H and O–H groups in total. The van der Waals surface area contributed by atoms with Gasteiger partial charge in [0.25, 0.3) is 0 Å². The van der Waals surface area contributed by atoms with E-state index in [-0.39, 0.29) is 6.42 Å². The Morgan fingerprint density at radius 2 is 2.18 bits per heavy atom. The summed E-state index contributed by atoms with van der Waals surface area (Å²) in [6.45, 7) is 2.04. The van der Waals surface area contributed by atoms with E-state index in [1.165, 1.54) is 0 Å². The van der Waals surface area contributed by atoms with Crippen molar-refractivity contribution >= 4 is 21.9 Å². The first-order chi connectivity index (χ1) is 8.06. The van der Waals surface area contributed by atoms with E-state index in [1.54, 1.807) is 32.2 Å². The van der Waals surface area contributed by atoms with E-state index >= 15 is 0 Å². The van der Waals surface area contributed by atoms with Crippen LogP contribution in [-0.4, -0.2) is 24.8 Å². The number of aliphatic hydroxyl groups is 1. The van der Waals surface area contributed by atoms with Crippen LogP contribution in [0.2, 0.25) is 0 Å². The number of methoxy groups -OCH3 is 1. The van der Waals surface area contributed by atoms with Gasteiger partial charge in [0.1, 0.15) is 5.75 Å². The topological polar surface area (TPSA) is 55.8 Å². The highest BCUT2D eigenvalue weighted by molar-refractivity contribution is 9.10.